The maximum Gasteiger partial charge on any atom is 0.243 e. The van der Waals surface area contributed by atoms with Crippen molar-refractivity contribution in [1.82, 2.24) is 31.9 Å². The summed E-state index contributed by atoms with van der Waals surface area (Å²) in [5.41, 5.74) is 27.2. The minimum absolute atomic E-state index is 0.0170. The van der Waals surface area contributed by atoms with Crippen molar-refractivity contribution >= 4 is 65.0 Å². The van der Waals surface area contributed by atoms with Crippen LogP contribution in [0.1, 0.15) is 92.9 Å². The fraction of sp³-hybridized carbons (Fsp3) is 0.750. The average molecular weight is 829 g/mol. The van der Waals surface area contributed by atoms with E-state index in [1.165, 1.54) is 11.8 Å². The lowest BCUT2D eigenvalue weighted by Gasteiger charge is -2.28. The molecular formula is C36H68N12O8S. The molecule has 0 aliphatic rings. The number of primary amides is 2. The maximum atomic E-state index is 13.9. The topological polar surface area (TPSA) is 351 Å². The molecule has 0 bridgehead atoms. The number of thioether (sulfide) groups is 1. The standard InChI is InChI=1S/C36H68N12O8S/c1-19(2)15-25(30(39)51)47-31(52)22(9-8-13-42-36(40)41)44-35(56)27(17-21(5)6)48-33(54)24(12-14-57-7)46-32(53)23(10-11-28(38)49)45-34(55)26(16-20(3)4)43-29(50)18-37/h19-27H,8-18,37H2,1-7H3,(H2,38,49)(H2,39,51)(H,43,50)(H,44,56)(H,45,55)(H,46,53)(H,47,52)(H,48,54)(H4,40,41,42). The second-order valence-corrected chi connectivity index (χ2v) is 16.1. The first-order valence-electron chi connectivity index (χ1n) is 19.2. The Morgan fingerprint density at radius 2 is 0.930 bits per heavy atom. The second kappa shape index (κ2) is 27.9. The highest BCUT2D eigenvalue weighted by molar-refractivity contribution is 7.98. The normalized spacial score (nSPS) is 14.3. The van der Waals surface area contributed by atoms with Gasteiger partial charge in [-0.05, 0) is 74.7 Å². The molecule has 0 aromatic rings. The Morgan fingerprint density at radius 1 is 0.544 bits per heavy atom. The molecule has 0 heterocycles. The monoisotopic (exact) mass is 829 g/mol. The minimum Gasteiger partial charge on any atom is -0.370 e. The number of nitrogens with zero attached hydrogens (tertiary/aromatic N) is 1. The summed E-state index contributed by atoms with van der Waals surface area (Å²) in [5.74, 6) is -5.50. The van der Waals surface area contributed by atoms with Crippen molar-refractivity contribution in [2.45, 2.75) is 129 Å². The fourth-order valence-corrected chi connectivity index (χ4v) is 6.04. The van der Waals surface area contributed by atoms with Gasteiger partial charge in [0.05, 0.1) is 6.54 Å². The van der Waals surface area contributed by atoms with Crippen molar-refractivity contribution in [3.63, 3.8) is 0 Å². The van der Waals surface area contributed by atoms with Gasteiger partial charge in [0, 0.05) is 13.0 Å². The zero-order valence-corrected chi connectivity index (χ0v) is 35.3. The molecule has 0 spiro atoms. The van der Waals surface area contributed by atoms with E-state index in [0.717, 1.165) is 0 Å². The van der Waals surface area contributed by atoms with Crippen LogP contribution in [0.15, 0.2) is 4.99 Å². The third-order valence-corrected chi connectivity index (χ3v) is 9.03. The van der Waals surface area contributed by atoms with E-state index in [9.17, 15) is 38.4 Å². The molecule has 0 fully saturated rings. The number of nitrogens with two attached hydrogens (primary N) is 5. The van der Waals surface area contributed by atoms with E-state index in [1.54, 1.807) is 6.26 Å². The van der Waals surface area contributed by atoms with Crippen LogP contribution in [-0.2, 0) is 38.4 Å². The van der Waals surface area contributed by atoms with Crippen molar-refractivity contribution in [3.8, 4) is 0 Å². The Labute approximate surface area is 340 Å². The van der Waals surface area contributed by atoms with E-state index in [1.807, 2.05) is 41.5 Å². The zero-order valence-electron chi connectivity index (χ0n) is 34.5. The molecule has 57 heavy (non-hydrogen) atoms. The summed E-state index contributed by atoms with van der Waals surface area (Å²) in [6, 6.07) is -6.89. The van der Waals surface area contributed by atoms with Crippen LogP contribution in [-0.4, -0.2) is 115 Å². The van der Waals surface area contributed by atoms with Gasteiger partial charge in [-0.1, -0.05) is 41.5 Å². The first-order valence-corrected chi connectivity index (χ1v) is 20.6. The van der Waals surface area contributed by atoms with E-state index < -0.39 is 83.5 Å². The van der Waals surface area contributed by atoms with Gasteiger partial charge in [0.1, 0.15) is 36.3 Å². The molecule has 326 valence electrons. The lowest BCUT2D eigenvalue weighted by Crippen LogP contribution is -2.60. The molecule has 0 radical (unpaired) electrons. The number of hydrogen-bond donors (Lipinski definition) is 11. The Bertz CT molecular complexity index is 1380. The molecular weight excluding hydrogens is 761 g/mol. The van der Waals surface area contributed by atoms with Crippen LogP contribution >= 0.6 is 11.8 Å². The van der Waals surface area contributed by atoms with E-state index in [-0.39, 0.29) is 88.2 Å². The van der Waals surface area contributed by atoms with Gasteiger partial charge in [0.15, 0.2) is 5.96 Å². The van der Waals surface area contributed by atoms with Crippen LogP contribution < -0.4 is 60.6 Å². The highest BCUT2D eigenvalue weighted by atomic mass is 32.2. The predicted octanol–water partition coefficient (Wildman–Crippen LogP) is -2.45. The van der Waals surface area contributed by atoms with Crippen LogP contribution in [0.2, 0.25) is 0 Å². The van der Waals surface area contributed by atoms with E-state index in [4.69, 9.17) is 28.7 Å². The second-order valence-electron chi connectivity index (χ2n) is 15.2. The van der Waals surface area contributed by atoms with Crippen molar-refractivity contribution in [2.24, 2.45) is 51.4 Å². The largest absolute Gasteiger partial charge is 0.370 e. The Balaban J connectivity index is 6.43. The molecule has 6 unspecified atom stereocenters. The van der Waals surface area contributed by atoms with E-state index in [2.05, 4.69) is 36.9 Å². The Morgan fingerprint density at radius 3 is 1.33 bits per heavy atom. The smallest absolute Gasteiger partial charge is 0.243 e. The summed E-state index contributed by atoms with van der Waals surface area (Å²) in [5, 5.41) is 15.8. The number of carbonyl (C=O) groups is 8. The first kappa shape index (κ1) is 52.3. The first-order chi connectivity index (χ1) is 26.6. The third kappa shape index (κ3) is 23.2. The lowest BCUT2D eigenvalue weighted by atomic mass is 10.0. The van der Waals surface area contributed by atoms with Gasteiger partial charge in [-0.25, -0.2) is 0 Å². The molecule has 0 saturated heterocycles. The van der Waals surface area contributed by atoms with Gasteiger partial charge in [-0.3, -0.25) is 43.3 Å². The van der Waals surface area contributed by atoms with Crippen LogP contribution in [0.5, 0.6) is 0 Å². The third-order valence-electron chi connectivity index (χ3n) is 8.39. The molecule has 16 N–H and O–H groups in total. The summed E-state index contributed by atoms with van der Waals surface area (Å²) in [6.45, 7) is 10.8. The van der Waals surface area contributed by atoms with Crippen LogP contribution in [0.4, 0.5) is 0 Å². The van der Waals surface area contributed by atoms with Crippen LogP contribution in [0.25, 0.3) is 0 Å². The molecule has 21 heteroatoms. The zero-order chi connectivity index (χ0) is 43.8. The molecule has 20 nitrogen and oxygen atoms in total. The van der Waals surface area contributed by atoms with Crippen molar-refractivity contribution in [1.29, 1.82) is 0 Å². The van der Waals surface area contributed by atoms with E-state index >= 15 is 0 Å². The molecule has 0 aliphatic carbocycles. The quantitative estimate of drug-likeness (QED) is 0.0213. The summed E-state index contributed by atoms with van der Waals surface area (Å²) >= 11 is 1.40. The summed E-state index contributed by atoms with van der Waals surface area (Å²) in [6.07, 6.45) is 2.41. The van der Waals surface area contributed by atoms with Crippen molar-refractivity contribution in [3.05, 3.63) is 0 Å². The van der Waals surface area contributed by atoms with Crippen LogP contribution in [0, 0.1) is 17.8 Å². The van der Waals surface area contributed by atoms with Gasteiger partial charge in [0.25, 0.3) is 0 Å². The number of nitrogens with one attached hydrogen (secondary N) is 6. The van der Waals surface area contributed by atoms with Crippen molar-refractivity contribution in [2.75, 3.05) is 25.1 Å². The van der Waals surface area contributed by atoms with Gasteiger partial charge < -0.3 is 60.6 Å². The molecule has 0 aliphatic heterocycles. The van der Waals surface area contributed by atoms with Gasteiger partial charge in [-0.15, -0.1) is 0 Å². The molecule has 0 rings (SSSR count). The van der Waals surface area contributed by atoms with Crippen molar-refractivity contribution < 1.29 is 38.4 Å². The number of carbonyl (C=O) groups excluding carboxylic acids is 8. The summed E-state index contributed by atoms with van der Waals surface area (Å²) in [4.78, 5) is 108. The fourth-order valence-electron chi connectivity index (χ4n) is 5.57. The number of amides is 8. The van der Waals surface area contributed by atoms with E-state index in [0.29, 0.717) is 5.75 Å². The minimum atomic E-state index is -1.33. The Hall–Kier alpha value is -4.66. The predicted molar refractivity (Wildman–Crippen MR) is 220 cm³/mol. The number of rotatable bonds is 29. The van der Waals surface area contributed by atoms with Gasteiger partial charge >= 0.3 is 0 Å². The number of guanidine groups is 1. The number of hydrogen-bond acceptors (Lipinski definition) is 11. The highest BCUT2D eigenvalue weighted by Gasteiger charge is 2.33. The highest BCUT2D eigenvalue weighted by Crippen LogP contribution is 2.12. The summed E-state index contributed by atoms with van der Waals surface area (Å²) in [7, 11) is 0. The molecule has 6 atom stereocenters. The number of aliphatic imine (C=N–C) groups is 1. The molecule has 8 amide bonds. The van der Waals surface area contributed by atoms with Gasteiger partial charge in [-0.2, -0.15) is 11.8 Å². The summed E-state index contributed by atoms with van der Waals surface area (Å²) < 4.78 is 0. The molecule has 0 saturated carbocycles. The SMILES string of the molecule is CSCCC(NC(=O)C(CCC(N)=O)NC(=O)C(CC(C)C)NC(=O)CN)C(=O)NC(CC(C)C)C(=O)NC(CCCN=C(N)N)C(=O)NC(CC(C)C)C(N)=O. The average Bonchev–Trinajstić information content (AvgIpc) is 3.10. The maximum absolute atomic E-state index is 13.9. The Kier molecular flexibility index (Phi) is 25.6. The van der Waals surface area contributed by atoms with Gasteiger partial charge in [0.2, 0.25) is 47.3 Å². The lowest BCUT2D eigenvalue weighted by molar-refractivity contribution is -0.136. The van der Waals surface area contributed by atoms with Crippen LogP contribution in [0.3, 0.4) is 0 Å². The molecule has 0 aromatic carbocycles. The molecule has 0 aromatic heterocycles.